The molecule has 0 spiro atoms. The summed E-state index contributed by atoms with van der Waals surface area (Å²) < 4.78 is 0. The first-order chi connectivity index (χ1) is 7.72. The Labute approximate surface area is 100 Å². The van der Waals surface area contributed by atoms with Crippen LogP contribution >= 0.6 is 15.9 Å². The van der Waals surface area contributed by atoms with E-state index in [1.807, 2.05) is 0 Å². The van der Waals surface area contributed by atoms with E-state index in [-0.39, 0.29) is 11.8 Å². The molecule has 1 atom stereocenters. The number of rotatable bonds is 3. The monoisotopic (exact) mass is 284 g/mol. The number of nitro groups is 1. The SMILES string of the molecule is O=[N+]([O-])c1ccccc1C1=NOC(CBr)C1. The first kappa shape index (κ1) is 11.1. The van der Waals surface area contributed by atoms with Gasteiger partial charge in [0, 0.05) is 17.8 Å². The first-order valence-corrected chi connectivity index (χ1v) is 5.87. The maximum Gasteiger partial charge on any atom is 0.278 e. The molecule has 1 heterocycles. The van der Waals surface area contributed by atoms with Gasteiger partial charge in [-0.1, -0.05) is 33.2 Å². The van der Waals surface area contributed by atoms with Crippen molar-refractivity contribution in [3.63, 3.8) is 0 Å². The zero-order chi connectivity index (χ0) is 11.5. The lowest BCUT2D eigenvalue weighted by Gasteiger charge is -2.02. The standard InChI is InChI=1S/C10H9BrN2O3/c11-6-7-5-9(12-16-7)8-3-1-2-4-10(8)13(14)15/h1-4,7H,5-6H2. The number of oxime groups is 1. The van der Waals surface area contributed by atoms with Crippen LogP contribution in [0.15, 0.2) is 29.4 Å². The summed E-state index contributed by atoms with van der Waals surface area (Å²) in [6.45, 7) is 0. The Morgan fingerprint density at radius 2 is 2.31 bits per heavy atom. The van der Waals surface area contributed by atoms with Crippen molar-refractivity contribution in [2.45, 2.75) is 12.5 Å². The summed E-state index contributed by atoms with van der Waals surface area (Å²) >= 11 is 3.29. The number of hydrogen-bond acceptors (Lipinski definition) is 4. The van der Waals surface area contributed by atoms with Gasteiger partial charge in [-0.3, -0.25) is 10.1 Å². The molecule has 0 saturated carbocycles. The number of halogens is 1. The van der Waals surface area contributed by atoms with Gasteiger partial charge in [0.1, 0.15) is 6.10 Å². The van der Waals surface area contributed by atoms with Crippen LogP contribution in [0, 0.1) is 10.1 Å². The highest BCUT2D eigenvalue weighted by atomic mass is 79.9. The molecule has 0 aliphatic carbocycles. The molecule has 1 aliphatic heterocycles. The summed E-state index contributed by atoms with van der Waals surface area (Å²) in [5, 5.41) is 15.4. The number of hydrogen-bond donors (Lipinski definition) is 0. The van der Waals surface area contributed by atoms with Crippen LogP contribution in [0.2, 0.25) is 0 Å². The average Bonchev–Trinajstić information content (AvgIpc) is 2.77. The van der Waals surface area contributed by atoms with E-state index >= 15 is 0 Å². The lowest BCUT2D eigenvalue weighted by atomic mass is 10.0. The first-order valence-electron chi connectivity index (χ1n) is 4.75. The van der Waals surface area contributed by atoms with E-state index in [0.29, 0.717) is 23.0 Å². The van der Waals surface area contributed by atoms with Gasteiger partial charge in [0.15, 0.2) is 0 Å². The van der Waals surface area contributed by atoms with Crippen LogP contribution in [0.5, 0.6) is 0 Å². The van der Waals surface area contributed by atoms with E-state index in [4.69, 9.17) is 4.84 Å². The van der Waals surface area contributed by atoms with E-state index in [1.54, 1.807) is 18.2 Å². The highest BCUT2D eigenvalue weighted by Crippen LogP contribution is 2.24. The van der Waals surface area contributed by atoms with Gasteiger partial charge in [-0.15, -0.1) is 0 Å². The van der Waals surface area contributed by atoms with Crippen LogP contribution < -0.4 is 0 Å². The van der Waals surface area contributed by atoms with Gasteiger partial charge in [0.05, 0.1) is 16.2 Å². The Kier molecular flexibility index (Phi) is 3.19. The Morgan fingerprint density at radius 1 is 1.56 bits per heavy atom. The molecule has 6 heteroatoms. The van der Waals surface area contributed by atoms with E-state index in [1.165, 1.54) is 6.07 Å². The molecule has 16 heavy (non-hydrogen) atoms. The molecule has 0 bridgehead atoms. The molecular formula is C10H9BrN2O3. The minimum absolute atomic E-state index is 0.0326. The van der Waals surface area contributed by atoms with E-state index < -0.39 is 4.92 Å². The van der Waals surface area contributed by atoms with Crippen LogP contribution in [-0.4, -0.2) is 22.1 Å². The van der Waals surface area contributed by atoms with Gasteiger partial charge in [-0.25, -0.2) is 0 Å². The highest BCUT2D eigenvalue weighted by molar-refractivity contribution is 9.09. The smallest absolute Gasteiger partial charge is 0.278 e. The second-order valence-corrected chi connectivity index (χ2v) is 4.05. The molecule has 0 aromatic heterocycles. The van der Waals surface area contributed by atoms with Gasteiger partial charge in [0.25, 0.3) is 5.69 Å². The largest absolute Gasteiger partial charge is 0.391 e. The van der Waals surface area contributed by atoms with E-state index in [2.05, 4.69) is 21.1 Å². The fraction of sp³-hybridized carbons (Fsp3) is 0.300. The molecule has 84 valence electrons. The summed E-state index contributed by atoms with van der Waals surface area (Å²) in [5.74, 6) is 0. The van der Waals surface area contributed by atoms with Crippen molar-refractivity contribution in [1.29, 1.82) is 0 Å². The highest BCUT2D eigenvalue weighted by Gasteiger charge is 2.26. The van der Waals surface area contributed by atoms with Crippen molar-refractivity contribution in [2.24, 2.45) is 5.16 Å². The third kappa shape index (κ3) is 2.06. The summed E-state index contributed by atoms with van der Waals surface area (Å²) in [6.07, 6.45) is 0.561. The van der Waals surface area contributed by atoms with Crippen molar-refractivity contribution >= 4 is 27.3 Å². The Morgan fingerprint density at radius 3 is 2.94 bits per heavy atom. The topological polar surface area (TPSA) is 64.7 Å². The fourth-order valence-electron chi connectivity index (χ4n) is 1.55. The van der Waals surface area contributed by atoms with Crippen LogP contribution in [0.1, 0.15) is 12.0 Å². The lowest BCUT2D eigenvalue weighted by Crippen LogP contribution is -2.10. The summed E-state index contributed by atoms with van der Waals surface area (Å²) in [5.41, 5.74) is 1.24. The van der Waals surface area contributed by atoms with Crippen LogP contribution in [0.4, 0.5) is 5.69 Å². The zero-order valence-corrected chi connectivity index (χ0v) is 9.88. The molecule has 2 rings (SSSR count). The molecule has 5 nitrogen and oxygen atoms in total. The van der Waals surface area contributed by atoms with Crippen molar-refractivity contribution in [3.05, 3.63) is 39.9 Å². The molecule has 0 amide bonds. The molecule has 1 aliphatic rings. The van der Waals surface area contributed by atoms with Crippen molar-refractivity contribution in [3.8, 4) is 0 Å². The predicted octanol–water partition coefficient (Wildman–Crippen LogP) is 2.48. The number of nitro benzene ring substituents is 1. The molecule has 1 aromatic rings. The molecule has 1 aromatic carbocycles. The summed E-state index contributed by atoms with van der Waals surface area (Å²) in [7, 11) is 0. The maximum atomic E-state index is 10.8. The van der Waals surface area contributed by atoms with E-state index in [9.17, 15) is 10.1 Å². The van der Waals surface area contributed by atoms with Crippen molar-refractivity contribution in [1.82, 2.24) is 0 Å². The second-order valence-electron chi connectivity index (χ2n) is 3.40. The lowest BCUT2D eigenvalue weighted by molar-refractivity contribution is -0.385. The number of nitrogens with zero attached hydrogens (tertiary/aromatic N) is 2. The molecular weight excluding hydrogens is 276 g/mol. The van der Waals surface area contributed by atoms with Gasteiger partial charge >= 0.3 is 0 Å². The zero-order valence-electron chi connectivity index (χ0n) is 8.30. The molecule has 0 N–H and O–H groups in total. The predicted molar refractivity (Wildman–Crippen MR) is 62.9 cm³/mol. The molecule has 0 saturated heterocycles. The van der Waals surface area contributed by atoms with Crippen molar-refractivity contribution in [2.75, 3.05) is 5.33 Å². The average molecular weight is 285 g/mol. The van der Waals surface area contributed by atoms with Gasteiger partial charge in [0.2, 0.25) is 0 Å². The van der Waals surface area contributed by atoms with Gasteiger partial charge in [-0.05, 0) is 6.07 Å². The van der Waals surface area contributed by atoms with E-state index in [0.717, 1.165) is 0 Å². The Hall–Kier alpha value is -1.43. The van der Waals surface area contributed by atoms with Crippen molar-refractivity contribution < 1.29 is 9.76 Å². The minimum Gasteiger partial charge on any atom is -0.391 e. The molecule has 0 radical (unpaired) electrons. The van der Waals surface area contributed by atoms with Gasteiger partial charge < -0.3 is 4.84 Å². The van der Waals surface area contributed by atoms with Crippen LogP contribution in [-0.2, 0) is 4.84 Å². The minimum atomic E-state index is -0.403. The second kappa shape index (κ2) is 4.61. The number of para-hydroxylation sites is 1. The summed E-state index contributed by atoms with van der Waals surface area (Å²) in [4.78, 5) is 15.5. The third-order valence-corrected chi connectivity index (χ3v) is 3.04. The summed E-state index contributed by atoms with van der Waals surface area (Å²) in [6, 6.07) is 6.56. The Bertz CT molecular complexity index is 447. The maximum absolute atomic E-state index is 10.8. The number of benzene rings is 1. The quantitative estimate of drug-likeness (QED) is 0.487. The normalized spacial score (nSPS) is 19.1. The van der Waals surface area contributed by atoms with Crippen LogP contribution in [0.3, 0.4) is 0 Å². The van der Waals surface area contributed by atoms with Crippen LogP contribution in [0.25, 0.3) is 0 Å². The number of alkyl halides is 1. The molecule has 1 unspecified atom stereocenters. The van der Waals surface area contributed by atoms with Gasteiger partial charge in [-0.2, -0.15) is 0 Å². The molecule has 0 fully saturated rings. The fourth-order valence-corrected chi connectivity index (χ4v) is 1.89. The third-order valence-electron chi connectivity index (χ3n) is 2.32. The Balaban J connectivity index is 2.31.